The van der Waals surface area contributed by atoms with Crippen LogP contribution in [0, 0.1) is 0 Å². The van der Waals surface area contributed by atoms with Gasteiger partial charge in [0.2, 0.25) is 0 Å². The van der Waals surface area contributed by atoms with Crippen molar-refractivity contribution in [1.29, 1.82) is 0 Å². The fraction of sp³-hybridized carbons (Fsp3) is 0. The Morgan fingerprint density at radius 1 is 0.615 bits per heavy atom. The second-order valence-corrected chi connectivity index (χ2v) is 7.72. The highest BCUT2D eigenvalue weighted by Crippen LogP contribution is 2.33. The molecule has 136 valence electrons. The van der Waals surface area contributed by atoms with E-state index in [0.29, 0.717) is 0 Å². The normalized spacial score (nSPS) is 12.2. The van der Waals surface area contributed by atoms with E-state index in [9.17, 15) is 30.7 Å². The summed E-state index contributed by atoms with van der Waals surface area (Å²) in [6, 6.07) is 15.1. The van der Waals surface area contributed by atoms with Crippen LogP contribution in [-0.4, -0.2) is 33.9 Å². The first-order valence-corrected chi connectivity index (χ1v) is 9.86. The molecule has 0 bridgehead atoms. The molecule has 1 heterocycles. The zero-order chi connectivity index (χ0) is 19.1. The second-order valence-electron chi connectivity index (χ2n) is 5.20. The molecular weight excluding hydrogens is 384 g/mol. The van der Waals surface area contributed by atoms with Gasteiger partial charge in [-0.1, -0.05) is 60.7 Å². The lowest BCUT2D eigenvalue weighted by molar-refractivity contribution is 0.467. The summed E-state index contributed by atoms with van der Waals surface area (Å²) in [7, 11) is -10.3. The maximum atomic E-state index is 12.5. The lowest BCUT2D eigenvalue weighted by Gasteiger charge is -2.09. The molecule has 3 aromatic rings. The summed E-state index contributed by atoms with van der Waals surface area (Å²) in [6.45, 7) is 0. The number of imidazole rings is 1. The van der Waals surface area contributed by atoms with Gasteiger partial charge in [-0.25, -0.2) is 4.79 Å². The number of aromatic nitrogens is 2. The van der Waals surface area contributed by atoms with Gasteiger partial charge in [0.05, 0.1) is 11.4 Å². The van der Waals surface area contributed by atoms with Gasteiger partial charge < -0.3 is 0 Å². The first kappa shape index (κ1) is 18.1. The molecule has 0 atom stereocenters. The lowest BCUT2D eigenvalue weighted by Crippen LogP contribution is -2.32. The van der Waals surface area contributed by atoms with Crippen molar-refractivity contribution in [3.05, 3.63) is 71.1 Å². The molecule has 26 heavy (non-hydrogen) atoms. The number of rotatable bonds is 4. The van der Waals surface area contributed by atoms with E-state index >= 15 is 0 Å². The zero-order valence-corrected chi connectivity index (χ0v) is 14.6. The van der Waals surface area contributed by atoms with Crippen LogP contribution in [-0.2, 0) is 20.6 Å². The van der Waals surface area contributed by atoms with Crippen LogP contribution >= 0.6 is 0 Å². The predicted molar refractivity (Wildman–Crippen MR) is 93.5 cm³/mol. The Hall–Kier alpha value is -2.73. The minimum Gasteiger partial charge on any atom is -0.269 e. The molecule has 1 aromatic heterocycles. The third-order valence-electron chi connectivity index (χ3n) is 3.53. The molecule has 0 spiro atoms. The Kier molecular flexibility index (Phi) is 4.32. The highest BCUT2D eigenvalue weighted by Gasteiger charge is 2.32. The standard InChI is InChI=1S/C15H12N2O7S2/c18-15-16(25(19,20)21)13(11-7-3-1-4-8-11)14(17(15)26(22,23)24)12-9-5-2-6-10-12/h1-10H,(H,19,20,21)(H,22,23,24). The average Bonchev–Trinajstić information content (AvgIpc) is 2.90. The third-order valence-corrected chi connectivity index (χ3v) is 5.13. The Balaban J connectivity index is 2.63. The average molecular weight is 396 g/mol. The van der Waals surface area contributed by atoms with E-state index in [1.54, 1.807) is 12.1 Å². The van der Waals surface area contributed by atoms with Crippen LogP contribution in [0.3, 0.4) is 0 Å². The van der Waals surface area contributed by atoms with Crippen molar-refractivity contribution in [1.82, 2.24) is 7.94 Å². The van der Waals surface area contributed by atoms with Crippen LogP contribution in [0.15, 0.2) is 65.5 Å². The molecule has 0 unspecified atom stereocenters. The lowest BCUT2D eigenvalue weighted by atomic mass is 10.1. The Labute approximate surface area is 148 Å². The smallest absolute Gasteiger partial charge is 0.269 e. The molecule has 2 aromatic carbocycles. The summed E-state index contributed by atoms with van der Waals surface area (Å²) in [5.41, 5.74) is -2.16. The first-order chi connectivity index (χ1) is 12.1. The van der Waals surface area contributed by atoms with E-state index in [-0.39, 0.29) is 19.1 Å². The monoisotopic (exact) mass is 396 g/mol. The van der Waals surface area contributed by atoms with Gasteiger partial charge in [0.1, 0.15) is 0 Å². The topological polar surface area (TPSA) is 136 Å². The van der Waals surface area contributed by atoms with Crippen LogP contribution in [0.4, 0.5) is 0 Å². The molecule has 2 N–H and O–H groups in total. The summed E-state index contributed by atoms with van der Waals surface area (Å²) in [5.74, 6) is 0. The maximum Gasteiger partial charge on any atom is 0.368 e. The van der Waals surface area contributed by atoms with Gasteiger partial charge in [-0.15, -0.1) is 0 Å². The van der Waals surface area contributed by atoms with Crippen LogP contribution in [0.25, 0.3) is 22.5 Å². The molecule has 0 saturated heterocycles. The molecule has 9 nitrogen and oxygen atoms in total. The van der Waals surface area contributed by atoms with E-state index in [1.165, 1.54) is 48.5 Å². The quantitative estimate of drug-likeness (QED) is 0.634. The molecule has 0 fully saturated rings. The Morgan fingerprint density at radius 3 is 1.19 bits per heavy atom. The fourth-order valence-electron chi connectivity index (χ4n) is 2.59. The van der Waals surface area contributed by atoms with Crippen molar-refractivity contribution in [3.8, 4) is 22.5 Å². The molecule has 0 aliphatic heterocycles. The van der Waals surface area contributed by atoms with Crippen molar-refractivity contribution in [2.45, 2.75) is 0 Å². The number of hydrogen-bond donors (Lipinski definition) is 2. The molecule has 0 radical (unpaired) electrons. The van der Waals surface area contributed by atoms with Gasteiger partial charge in [0.15, 0.2) is 0 Å². The van der Waals surface area contributed by atoms with Gasteiger partial charge in [-0.05, 0) is 0 Å². The van der Waals surface area contributed by atoms with Crippen molar-refractivity contribution in [3.63, 3.8) is 0 Å². The van der Waals surface area contributed by atoms with Crippen molar-refractivity contribution < 1.29 is 25.9 Å². The van der Waals surface area contributed by atoms with Crippen LogP contribution in [0.2, 0.25) is 0 Å². The number of benzene rings is 2. The molecule has 11 heteroatoms. The molecule has 3 rings (SSSR count). The molecular formula is C15H12N2O7S2. The Bertz CT molecular complexity index is 1130. The van der Waals surface area contributed by atoms with Crippen LogP contribution in [0.5, 0.6) is 0 Å². The summed E-state index contributed by atoms with van der Waals surface area (Å²) >= 11 is 0. The Morgan fingerprint density at radius 2 is 0.923 bits per heavy atom. The zero-order valence-electron chi connectivity index (χ0n) is 12.9. The second kappa shape index (κ2) is 6.21. The molecule has 0 saturated carbocycles. The molecule has 0 aliphatic carbocycles. The van der Waals surface area contributed by atoms with Gasteiger partial charge >= 0.3 is 26.3 Å². The summed E-state index contributed by atoms with van der Waals surface area (Å²) < 4.78 is 66.1. The maximum absolute atomic E-state index is 12.5. The van der Waals surface area contributed by atoms with E-state index in [2.05, 4.69) is 0 Å². The summed E-state index contributed by atoms with van der Waals surface area (Å²) in [5, 5.41) is 0. The number of nitrogens with zero attached hydrogens (tertiary/aromatic N) is 2. The highest BCUT2D eigenvalue weighted by atomic mass is 32.2. The first-order valence-electron chi connectivity index (χ1n) is 7.07. The van der Waals surface area contributed by atoms with Crippen molar-refractivity contribution in [2.24, 2.45) is 0 Å². The molecule has 0 aliphatic rings. The van der Waals surface area contributed by atoms with Gasteiger partial charge in [-0.3, -0.25) is 9.11 Å². The third kappa shape index (κ3) is 3.08. The van der Waals surface area contributed by atoms with Crippen molar-refractivity contribution in [2.75, 3.05) is 0 Å². The van der Waals surface area contributed by atoms with E-state index in [0.717, 1.165) is 0 Å². The van der Waals surface area contributed by atoms with Gasteiger partial charge in [0, 0.05) is 11.1 Å². The summed E-state index contributed by atoms with van der Waals surface area (Å²) in [6.07, 6.45) is 0. The number of hydrogen-bond acceptors (Lipinski definition) is 5. The largest absolute Gasteiger partial charge is 0.368 e. The van der Waals surface area contributed by atoms with Crippen LogP contribution in [0.1, 0.15) is 0 Å². The van der Waals surface area contributed by atoms with E-state index in [1.807, 2.05) is 0 Å². The fourth-order valence-corrected chi connectivity index (χ4v) is 4.05. The van der Waals surface area contributed by atoms with Crippen molar-refractivity contribution >= 4 is 20.6 Å². The minimum atomic E-state index is -5.17. The molecule has 0 amide bonds. The minimum absolute atomic E-state index is 0.0710. The highest BCUT2D eigenvalue weighted by molar-refractivity contribution is 7.85. The van der Waals surface area contributed by atoms with Crippen LogP contribution < -0.4 is 5.69 Å². The SMILES string of the molecule is O=c1n(S(=O)(=O)O)c(-c2ccccc2)c(-c2ccccc2)n1S(=O)(=O)O. The summed E-state index contributed by atoms with van der Waals surface area (Å²) in [4.78, 5) is 12.5. The van der Waals surface area contributed by atoms with Gasteiger partial charge in [-0.2, -0.15) is 24.8 Å². The van der Waals surface area contributed by atoms with Gasteiger partial charge in [0.25, 0.3) is 0 Å². The van der Waals surface area contributed by atoms with E-state index in [4.69, 9.17) is 0 Å². The predicted octanol–water partition coefficient (Wildman–Crippen LogP) is 1.29. The van der Waals surface area contributed by atoms with E-state index < -0.39 is 37.7 Å².